The second kappa shape index (κ2) is 4.97. The summed E-state index contributed by atoms with van der Waals surface area (Å²) in [6.45, 7) is 7.41. The number of fused-ring (bicyclic) bond motifs is 1. The van der Waals surface area contributed by atoms with Gasteiger partial charge in [-0.05, 0) is 45.4 Å². The lowest BCUT2D eigenvalue weighted by atomic mass is 9.74. The van der Waals surface area contributed by atoms with Gasteiger partial charge in [0.15, 0.2) is 0 Å². The summed E-state index contributed by atoms with van der Waals surface area (Å²) in [7, 11) is 0. The third-order valence-corrected chi connectivity index (χ3v) is 4.43. The molecule has 0 aromatic rings. The minimum Gasteiger partial charge on any atom is -0.325 e. The summed E-state index contributed by atoms with van der Waals surface area (Å²) in [5.41, 5.74) is -0.0824. The summed E-state index contributed by atoms with van der Waals surface area (Å²) in [6, 6.07) is 0. The lowest BCUT2D eigenvalue weighted by molar-refractivity contribution is -0.128. The zero-order valence-electron chi connectivity index (χ0n) is 11.4. The SMILES string of the molecule is CC(C)(C)N(C=O)[C@H]1C[C@H]2CCCC[C@@H]2CN1. The Bertz CT molecular complexity index is 272. The number of nitrogens with one attached hydrogen (secondary N) is 1. The molecule has 1 saturated carbocycles. The number of hydrogen-bond acceptors (Lipinski definition) is 2. The van der Waals surface area contributed by atoms with Gasteiger partial charge in [-0.2, -0.15) is 0 Å². The molecule has 17 heavy (non-hydrogen) atoms. The first-order chi connectivity index (χ1) is 8.02. The second-order valence-corrected chi connectivity index (χ2v) is 6.65. The lowest BCUT2D eigenvalue weighted by Gasteiger charge is -2.46. The fraction of sp³-hybridized carbons (Fsp3) is 0.929. The number of amides is 1. The van der Waals surface area contributed by atoms with Gasteiger partial charge in [-0.15, -0.1) is 0 Å². The van der Waals surface area contributed by atoms with Crippen molar-refractivity contribution in [2.75, 3.05) is 6.54 Å². The highest BCUT2D eigenvalue weighted by Gasteiger charge is 2.36. The van der Waals surface area contributed by atoms with E-state index in [0.29, 0.717) is 0 Å². The van der Waals surface area contributed by atoms with Gasteiger partial charge in [0.05, 0.1) is 6.17 Å². The molecule has 2 aliphatic rings. The highest BCUT2D eigenvalue weighted by atomic mass is 16.1. The molecule has 1 aliphatic heterocycles. The van der Waals surface area contributed by atoms with Crippen LogP contribution in [-0.4, -0.2) is 29.6 Å². The van der Waals surface area contributed by atoms with E-state index in [4.69, 9.17) is 0 Å². The van der Waals surface area contributed by atoms with Crippen LogP contribution in [0.2, 0.25) is 0 Å². The van der Waals surface area contributed by atoms with Crippen molar-refractivity contribution in [1.29, 1.82) is 0 Å². The Hall–Kier alpha value is -0.570. The van der Waals surface area contributed by atoms with Crippen LogP contribution in [0.25, 0.3) is 0 Å². The predicted molar refractivity (Wildman–Crippen MR) is 69.5 cm³/mol. The van der Waals surface area contributed by atoms with E-state index in [1.807, 2.05) is 4.90 Å². The summed E-state index contributed by atoms with van der Waals surface area (Å²) >= 11 is 0. The third-order valence-electron chi connectivity index (χ3n) is 4.43. The van der Waals surface area contributed by atoms with Crippen LogP contribution in [0.3, 0.4) is 0 Å². The van der Waals surface area contributed by atoms with Crippen molar-refractivity contribution in [2.45, 2.75) is 64.6 Å². The number of nitrogens with zero attached hydrogens (tertiary/aromatic N) is 1. The van der Waals surface area contributed by atoms with Gasteiger partial charge in [0.25, 0.3) is 0 Å². The smallest absolute Gasteiger partial charge is 0.211 e. The maximum Gasteiger partial charge on any atom is 0.211 e. The first-order valence-electron chi connectivity index (χ1n) is 6.99. The number of piperidine rings is 1. The normalized spacial score (nSPS) is 33.9. The lowest BCUT2D eigenvalue weighted by Crippen LogP contribution is -2.58. The largest absolute Gasteiger partial charge is 0.325 e. The average Bonchev–Trinajstić information content (AvgIpc) is 2.28. The van der Waals surface area contributed by atoms with E-state index in [1.54, 1.807) is 0 Å². The summed E-state index contributed by atoms with van der Waals surface area (Å²) in [5, 5.41) is 3.57. The second-order valence-electron chi connectivity index (χ2n) is 6.65. The van der Waals surface area contributed by atoms with Crippen LogP contribution in [0.1, 0.15) is 52.9 Å². The monoisotopic (exact) mass is 238 g/mol. The summed E-state index contributed by atoms with van der Waals surface area (Å²) < 4.78 is 0. The van der Waals surface area contributed by atoms with Gasteiger partial charge in [-0.25, -0.2) is 0 Å². The Morgan fingerprint density at radius 3 is 2.41 bits per heavy atom. The van der Waals surface area contributed by atoms with Gasteiger partial charge >= 0.3 is 0 Å². The topological polar surface area (TPSA) is 32.3 Å². The molecule has 1 N–H and O–H groups in total. The highest BCUT2D eigenvalue weighted by molar-refractivity contribution is 5.49. The van der Waals surface area contributed by atoms with E-state index < -0.39 is 0 Å². The molecule has 0 bridgehead atoms. The fourth-order valence-corrected chi connectivity index (χ4v) is 3.43. The van der Waals surface area contributed by atoms with Crippen LogP contribution < -0.4 is 5.32 Å². The van der Waals surface area contributed by atoms with Crippen molar-refractivity contribution < 1.29 is 4.79 Å². The fourth-order valence-electron chi connectivity index (χ4n) is 3.43. The summed E-state index contributed by atoms with van der Waals surface area (Å²) in [5.74, 6) is 1.69. The zero-order chi connectivity index (χ0) is 12.5. The van der Waals surface area contributed by atoms with E-state index in [9.17, 15) is 4.79 Å². The molecule has 3 atom stereocenters. The Morgan fingerprint density at radius 2 is 1.82 bits per heavy atom. The van der Waals surface area contributed by atoms with E-state index in [0.717, 1.165) is 31.2 Å². The number of rotatable bonds is 2. The quantitative estimate of drug-likeness (QED) is 0.749. The highest BCUT2D eigenvalue weighted by Crippen LogP contribution is 2.36. The molecule has 2 fully saturated rings. The van der Waals surface area contributed by atoms with Gasteiger partial charge in [0.2, 0.25) is 6.41 Å². The van der Waals surface area contributed by atoms with E-state index >= 15 is 0 Å². The summed E-state index contributed by atoms with van der Waals surface area (Å²) in [6.07, 6.45) is 7.91. The molecule has 3 nitrogen and oxygen atoms in total. The third kappa shape index (κ3) is 2.82. The maximum atomic E-state index is 11.3. The van der Waals surface area contributed by atoms with Crippen molar-refractivity contribution in [1.82, 2.24) is 10.2 Å². The molecule has 0 spiro atoms. The van der Waals surface area contributed by atoms with Gasteiger partial charge in [0, 0.05) is 12.1 Å². The van der Waals surface area contributed by atoms with Crippen molar-refractivity contribution in [2.24, 2.45) is 11.8 Å². The van der Waals surface area contributed by atoms with Crippen LogP contribution in [0.5, 0.6) is 0 Å². The molecule has 0 aromatic heterocycles. The first kappa shape index (κ1) is 12.9. The van der Waals surface area contributed by atoms with Crippen LogP contribution in [0.4, 0.5) is 0 Å². The Kier molecular flexibility index (Phi) is 3.76. The average molecular weight is 238 g/mol. The minimum absolute atomic E-state index is 0.0824. The van der Waals surface area contributed by atoms with E-state index in [-0.39, 0.29) is 11.7 Å². The van der Waals surface area contributed by atoms with Crippen LogP contribution >= 0.6 is 0 Å². The molecule has 0 aromatic carbocycles. The van der Waals surface area contributed by atoms with E-state index in [2.05, 4.69) is 26.1 Å². The molecule has 98 valence electrons. The first-order valence-corrected chi connectivity index (χ1v) is 6.99. The van der Waals surface area contributed by atoms with Gasteiger partial charge in [-0.1, -0.05) is 19.3 Å². The zero-order valence-corrected chi connectivity index (χ0v) is 11.4. The van der Waals surface area contributed by atoms with Gasteiger partial charge in [0.1, 0.15) is 0 Å². The Labute approximate surface area is 105 Å². The van der Waals surface area contributed by atoms with Crippen molar-refractivity contribution >= 4 is 6.41 Å². The standard InChI is InChI=1S/C14H26N2O/c1-14(2,3)16(10-17)13-8-11-6-4-5-7-12(11)9-15-13/h10-13,15H,4-9H2,1-3H3/t11-,12-,13+/m1/s1. The molecule has 2 rings (SSSR count). The van der Waals surface area contributed by atoms with E-state index in [1.165, 1.54) is 25.7 Å². The molecular weight excluding hydrogens is 212 g/mol. The molecule has 1 heterocycles. The molecule has 1 amide bonds. The van der Waals surface area contributed by atoms with Gasteiger partial charge < -0.3 is 4.90 Å². The van der Waals surface area contributed by atoms with Crippen LogP contribution in [-0.2, 0) is 4.79 Å². The van der Waals surface area contributed by atoms with Crippen LogP contribution in [0, 0.1) is 11.8 Å². The molecule has 0 radical (unpaired) electrons. The van der Waals surface area contributed by atoms with Crippen molar-refractivity contribution in [3.8, 4) is 0 Å². The summed E-state index contributed by atoms with van der Waals surface area (Å²) in [4.78, 5) is 13.3. The number of carbonyl (C=O) groups excluding carboxylic acids is 1. The molecule has 0 unspecified atom stereocenters. The molecular formula is C14H26N2O. The Balaban J connectivity index is 2.01. The number of hydrogen-bond donors (Lipinski definition) is 1. The molecule has 3 heteroatoms. The maximum absolute atomic E-state index is 11.3. The number of carbonyl (C=O) groups is 1. The van der Waals surface area contributed by atoms with Crippen molar-refractivity contribution in [3.63, 3.8) is 0 Å². The molecule has 1 saturated heterocycles. The minimum atomic E-state index is -0.0824. The Morgan fingerprint density at radius 1 is 1.18 bits per heavy atom. The van der Waals surface area contributed by atoms with Crippen molar-refractivity contribution in [3.05, 3.63) is 0 Å². The van der Waals surface area contributed by atoms with Gasteiger partial charge in [-0.3, -0.25) is 10.1 Å². The molecule has 1 aliphatic carbocycles. The predicted octanol–water partition coefficient (Wildman–Crippen LogP) is 2.37. The van der Waals surface area contributed by atoms with Crippen LogP contribution in [0.15, 0.2) is 0 Å².